The van der Waals surface area contributed by atoms with E-state index in [0.29, 0.717) is 42.6 Å². The van der Waals surface area contributed by atoms with Gasteiger partial charge < -0.3 is 10.6 Å². The van der Waals surface area contributed by atoms with Crippen LogP contribution >= 0.6 is 11.6 Å². The van der Waals surface area contributed by atoms with Gasteiger partial charge in [0.2, 0.25) is 11.8 Å². The number of benzene rings is 2. The Bertz CT molecular complexity index is 823. The predicted molar refractivity (Wildman–Crippen MR) is 108 cm³/mol. The Hall–Kier alpha value is -2.48. The van der Waals surface area contributed by atoms with Gasteiger partial charge in [-0.25, -0.2) is 4.39 Å². The molecule has 1 aliphatic rings. The molecule has 0 radical (unpaired) electrons. The van der Waals surface area contributed by atoms with Gasteiger partial charge in [-0.1, -0.05) is 23.7 Å². The number of carbonyl (C=O) groups is 2. The third-order valence-corrected chi connectivity index (χ3v) is 4.80. The maximum Gasteiger partial charge on any atom is 0.238 e. The number of para-hydroxylation sites is 1. The molecule has 8 heteroatoms. The number of hydrogen-bond acceptors (Lipinski definition) is 4. The van der Waals surface area contributed by atoms with Crippen LogP contribution in [0.1, 0.15) is 0 Å². The Kier molecular flexibility index (Phi) is 6.97. The summed E-state index contributed by atoms with van der Waals surface area (Å²) in [6.45, 7) is 3.31. The molecule has 28 heavy (non-hydrogen) atoms. The van der Waals surface area contributed by atoms with E-state index in [-0.39, 0.29) is 30.7 Å². The third-order valence-electron chi connectivity index (χ3n) is 4.48. The monoisotopic (exact) mass is 404 g/mol. The summed E-state index contributed by atoms with van der Waals surface area (Å²) < 4.78 is 12.9. The van der Waals surface area contributed by atoms with Crippen molar-refractivity contribution in [3.8, 4) is 0 Å². The van der Waals surface area contributed by atoms with E-state index < -0.39 is 0 Å². The van der Waals surface area contributed by atoms with Gasteiger partial charge in [0, 0.05) is 31.9 Å². The summed E-state index contributed by atoms with van der Waals surface area (Å²) in [7, 11) is 0. The van der Waals surface area contributed by atoms with Gasteiger partial charge in [-0.15, -0.1) is 0 Å². The van der Waals surface area contributed by atoms with Crippen LogP contribution in [0, 0.1) is 5.82 Å². The highest BCUT2D eigenvalue weighted by Crippen LogP contribution is 2.20. The molecule has 0 bridgehead atoms. The number of halogens is 2. The molecule has 2 amide bonds. The molecule has 0 atom stereocenters. The highest BCUT2D eigenvalue weighted by Gasteiger charge is 2.21. The number of amides is 2. The number of nitrogens with one attached hydrogen (secondary N) is 2. The summed E-state index contributed by atoms with van der Waals surface area (Å²) in [5, 5.41) is 6.08. The molecular weight excluding hydrogens is 383 g/mol. The van der Waals surface area contributed by atoms with Gasteiger partial charge in [-0.05, 0) is 36.4 Å². The number of rotatable bonds is 6. The Labute approximate surface area is 168 Å². The molecule has 6 nitrogen and oxygen atoms in total. The molecule has 1 saturated heterocycles. The molecule has 1 heterocycles. The van der Waals surface area contributed by atoms with Crippen molar-refractivity contribution < 1.29 is 14.0 Å². The summed E-state index contributed by atoms with van der Waals surface area (Å²) >= 11 is 6.05. The lowest BCUT2D eigenvalue weighted by Gasteiger charge is -2.33. The van der Waals surface area contributed by atoms with Gasteiger partial charge in [0.05, 0.1) is 23.8 Å². The van der Waals surface area contributed by atoms with E-state index in [1.54, 1.807) is 12.1 Å². The van der Waals surface area contributed by atoms with Crippen molar-refractivity contribution in [2.75, 3.05) is 49.9 Å². The lowest BCUT2D eigenvalue weighted by molar-refractivity contribution is -0.120. The van der Waals surface area contributed by atoms with Crippen LogP contribution in [0.25, 0.3) is 0 Å². The minimum absolute atomic E-state index is 0.115. The Morgan fingerprint density at radius 3 is 1.96 bits per heavy atom. The Balaban J connectivity index is 1.39. The molecule has 1 fully saturated rings. The number of hydrogen-bond donors (Lipinski definition) is 2. The first kappa shape index (κ1) is 20.3. The third kappa shape index (κ3) is 6.02. The van der Waals surface area contributed by atoms with Crippen LogP contribution in [0.15, 0.2) is 48.5 Å². The summed E-state index contributed by atoms with van der Waals surface area (Å²) in [6, 6.07) is 12.8. The molecule has 2 aromatic carbocycles. The second kappa shape index (κ2) is 9.64. The van der Waals surface area contributed by atoms with Crippen LogP contribution in [0.3, 0.4) is 0 Å². The lowest BCUT2D eigenvalue weighted by Crippen LogP contribution is -2.50. The van der Waals surface area contributed by atoms with E-state index in [2.05, 4.69) is 10.6 Å². The summed E-state index contributed by atoms with van der Waals surface area (Å²) in [6.07, 6.45) is 0. The Morgan fingerprint density at radius 1 is 0.857 bits per heavy atom. The molecule has 1 aliphatic heterocycles. The molecule has 0 saturated carbocycles. The summed E-state index contributed by atoms with van der Waals surface area (Å²) in [5.74, 6) is -0.597. The van der Waals surface area contributed by atoms with Gasteiger partial charge in [-0.2, -0.15) is 0 Å². The first-order valence-corrected chi connectivity index (χ1v) is 9.42. The molecule has 148 valence electrons. The van der Waals surface area contributed by atoms with Crippen LogP contribution in [-0.4, -0.2) is 60.9 Å². The smallest absolute Gasteiger partial charge is 0.238 e. The summed E-state index contributed by atoms with van der Waals surface area (Å²) in [4.78, 5) is 28.4. The van der Waals surface area contributed by atoms with Crippen LogP contribution in [0.2, 0.25) is 5.02 Å². The second-order valence-corrected chi connectivity index (χ2v) is 7.04. The molecule has 0 spiro atoms. The van der Waals surface area contributed by atoms with Crippen LogP contribution in [-0.2, 0) is 9.59 Å². The fourth-order valence-electron chi connectivity index (χ4n) is 3.00. The highest BCUT2D eigenvalue weighted by molar-refractivity contribution is 6.33. The van der Waals surface area contributed by atoms with Gasteiger partial charge >= 0.3 is 0 Å². The average Bonchev–Trinajstić information content (AvgIpc) is 2.67. The van der Waals surface area contributed by atoms with Crippen molar-refractivity contribution >= 4 is 34.8 Å². The van der Waals surface area contributed by atoms with Crippen molar-refractivity contribution in [2.45, 2.75) is 0 Å². The zero-order chi connectivity index (χ0) is 19.9. The standard InChI is InChI=1S/C20H22ClFN4O2/c21-17-3-1-2-4-18(17)24-20(28)14-26-11-9-25(10-12-26)13-19(27)23-16-7-5-15(22)6-8-16/h1-8H,9-14H2,(H,23,27)(H,24,28). The Morgan fingerprint density at radius 2 is 1.39 bits per heavy atom. The number of nitrogens with zero attached hydrogens (tertiary/aromatic N) is 2. The van der Waals surface area contributed by atoms with E-state index in [1.165, 1.54) is 24.3 Å². The summed E-state index contributed by atoms with van der Waals surface area (Å²) in [5.41, 5.74) is 1.17. The molecule has 3 rings (SSSR count). The van der Waals surface area contributed by atoms with E-state index in [4.69, 9.17) is 11.6 Å². The van der Waals surface area contributed by atoms with Crippen LogP contribution in [0.5, 0.6) is 0 Å². The van der Waals surface area contributed by atoms with E-state index in [1.807, 2.05) is 21.9 Å². The van der Waals surface area contributed by atoms with Crippen LogP contribution < -0.4 is 10.6 Å². The molecule has 0 unspecified atom stereocenters. The van der Waals surface area contributed by atoms with Crippen molar-refractivity contribution in [1.29, 1.82) is 0 Å². The van der Waals surface area contributed by atoms with Gasteiger partial charge in [-0.3, -0.25) is 19.4 Å². The highest BCUT2D eigenvalue weighted by atomic mass is 35.5. The fourth-order valence-corrected chi connectivity index (χ4v) is 3.18. The van der Waals surface area contributed by atoms with Gasteiger partial charge in [0.1, 0.15) is 5.82 Å². The quantitative estimate of drug-likeness (QED) is 0.777. The molecule has 0 aromatic heterocycles. The van der Waals surface area contributed by atoms with Crippen molar-refractivity contribution in [3.05, 3.63) is 59.4 Å². The minimum Gasteiger partial charge on any atom is -0.325 e. The SMILES string of the molecule is O=C(CN1CCN(CC(=O)Nc2ccccc2Cl)CC1)Nc1ccc(F)cc1. The first-order chi connectivity index (χ1) is 13.5. The molecular formula is C20H22ClFN4O2. The number of anilines is 2. The zero-order valence-corrected chi connectivity index (χ0v) is 16.1. The normalized spacial score (nSPS) is 15.2. The molecule has 0 aliphatic carbocycles. The van der Waals surface area contributed by atoms with Gasteiger partial charge in [0.25, 0.3) is 0 Å². The van der Waals surface area contributed by atoms with E-state index in [0.717, 1.165) is 0 Å². The topological polar surface area (TPSA) is 64.7 Å². The maximum absolute atomic E-state index is 12.9. The van der Waals surface area contributed by atoms with Gasteiger partial charge in [0.15, 0.2) is 0 Å². The van der Waals surface area contributed by atoms with Crippen molar-refractivity contribution in [2.24, 2.45) is 0 Å². The van der Waals surface area contributed by atoms with E-state index >= 15 is 0 Å². The average molecular weight is 405 g/mol. The number of carbonyl (C=O) groups excluding carboxylic acids is 2. The van der Waals surface area contributed by atoms with Crippen molar-refractivity contribution in [1.82, 2.24) is 9.80 Å². The molecule has 2 aromatic rings. The van der Waals surface area contributed by atoms with Crippen molar-refractivity contribution in [3.63, 3.8) is 0 Å². The zero-order valence-electron chi connectivity index (χ0n) is 15.3. The first-order valence-electron chi connectivity index (χ1n) is 9.04. The lowest BCUT2D eigenvalue weighted by atomic mass is 10.2. The maximum atomic E-state index is 12.9. The fraction of sp³-hybridized carbons (Fsp3) is 0.300. The molecule has 2 N–H and O–H groups in total. The van der Waals surface area contributed by atoms with Crippen LogP contribution in [0.4, 0.5) is 15.8 Å². The largest absolute Gasteiger partial charge is 0.325 e. The second-order valence-electron chi connectivity index (χ2n) is 6.64. The predicted octanol–water partition coefficient (Wildman–Crippen LogP) is 2.67. The minimum atomic E-state index is -0.340. The van der Waals surface area contributed by atoms with E-state index in [9.17, 15) is 14.0 Å². The number of piperazine rings is 1.